The van der Waals surface area contributed by atoms with Gasteiger partial charge in [0.05, 0.1) is 42.4 Å². The Morgan fingerprint density at radius 3 is 2.51 bits per heavy atom. The zero-order valence-electron chi connectivity index (χ0n) is 23.4. The second-order valence-electron chi connectivity index (χ2n) is 9.96. The maximum absolute atomic E-state index is 13.7. The summed E-state index contributed by atoms with van der Waals surface area (Å²) in [6, 6.07) is 13.5. The van der Waals surface area contributed by atoms with E-state index in [0.29, 0.717) is 11.3 Å². The summed E-state index contributed by atoms with van der Waals surface area (Å²) >= 11 is 0. The molecule has 1 aliphatic heterocycles. The smallest absolute Gasteiger partial charge is 0.258 e. The highest BCUT2D eigenvalue weighted by atomic mass is 32.2. The predicted molar refractivity (Wildman–Crippen MR) is 153 cm³/mol. The first kappa shape index (κ1) is 30.0. The maximum atomic E-state index is 13.7. The van der Waals surface area contributed by atoms with Gasteiger partial charge in [0.2, 0.25) is 10.0 Å². The lowest BCUT2D eigenvalue weighted by molar-refractivity contribution is 0.0388. The molecule has 11 nitrogen and oxygen atoms in total. The molecule has 2 heterocycles. The fourth-order valence-electron chi connectivity index (χ4n) is 4.54. The molecular weight excluding hydrogens is 548 g/mol. The number of fused-ring (bicyclic) bond motifs is 1. The summed E-state index contributed by atoms with van der Waals surface area (Å²) in [5, 5.41) is 12.7. The number of pyridine rings is 1. The molecule has 218 valence electrons. The molecule has 3 atom stereocenters. The zero-order chi connectivity index (χ0) is 29.7. The summed E-state index contributed by atoms with van der Waals surface area (Å²) in [7, 11) is -0.930. The lowest BCUT2D eigenvalue weighted by Gasteiger charge is -2.38. The van der Waals surface area contributed by atoms with Crippen LogP contribution in [0, 0.1) is 5.92 Å². The number of hydrogen-bond donors (Lipinski definition) is 2. The van der Waals surface area contributed by atoms with E-state index in [1.807, 2.05) is 6.92 Å². The standard InChI is InChI=1S/C29H34N4O7S/c1-19-16-33(20(2)18-34)29(36)24-6-5-7-25(31-28(35)21-12-14-30-15-13-21)27(24)40-26(19)17-32(3)41(37,38)23-10-8-22(39-4)9-11-23/h5-15,19-20,26,34H,16-18H2,1-4H3,(H,31,35)/t19-,20+,26-/m1/s1. The highest BCUT2D eigenvalue weighted by molar-refractivity contribution is 7.89. The minimum absolute atomic E-state index is 0.0445. The van der Waals surface area contributed by atoms with Crippen molar-refractivity contribution in [3.8, 4) is 11.5 Å². The van der Waals surface area contributed by atoms with Gasteiger partial charge in [-0.3, -0.25) is 14.6 Å². The predicted octanol–water partition coefficient (Wildman–Crippen LogP) is 2.88. The lowest BCUT2D eigenvalue weighted by Crippen LogP contribution is -2.50. The third-order valence-electron chi connectivity index (χ3n) is 7.09. The van der Waals surface area contributed by atoms with Gasteiger partial charge in [0.15, 0.2) is 5.75 Å². The number of para-hydroxylation sites is 1. The highest BCUT2D eigenvalue weighted by Gasteiger charge is 2.36. The Morgan fingerprint density at radius 1 is 1.20 bits per heavy atom. The van der Waals surface area contributed by atoms with E-state index in [1.54, 1.807) is 54.3 Å². The van der Waals surface area contributed by atoms with Gasteiger partial charge in [-0.25, -0.2) is 8.42 Å². The summed E-state index contributed by atoms with van der Waals surface area (Å²) < 4.78 is 39.6. The molecule has 0 fully saturated rings. The molecule has 0 aliphatic carbocycles. The van der Waals surface area contributed by atoms with E-state index in [2.05, 4.69) is 10.3 Å². The van der Waals surface area contributed by atoms with Crippen LogP contribution in [0.5, 0.6) is 11.5 Å². The van der Waals surface area contributed by atoms with Crippen LogP contribution in [0.3, 0.4) is 0 Å². The van der Waals surface area contributed by atoms with Crippen LogP contribution in [-0.2, 0) is 10.0 Å². The van der Waals surface area contributed by atoms with Crippen LogP contribution in [0.25, 0.3) is 0 Å². The molecule has 0 bridgehead atoms. The van der Waals surface area contributed by atoms with E-state index in [-0.39, 0.29) is 53.4 Å². The average molecular weight is 583 g/mol. The third kappa shape index (κ3) is 6.50. The molecule has 3 aromatic rings. The molecule has 0 saturated heterocycles. The van der Waals surface area contributed by atoms with Crippen LogP contribution in [0.15, 0.2) is 71.9 Å². The SMILES string of the molecule is COc1ccc(S(=O)(=O)N(C)C[C@H]2Oc3c(NC(=O)c4ccncc4)cccc3C(=O)N([C@@H](C)CO)C[C@H]2C)cc1. The van der Waals surface area contributed by atoms with Gasteiger partial charge in [0, 0.05) is 37.5 Å². The lowest BCUT2D eigenvalue weighted by atomic mass is 9.99. The molecule has 2 aromatic carbocycles. The Morgan fingerprint density at radius 2 is 1.88 bits per heavy atom. The van der Waals surface area contributed by atoms with Crippen LogP contribution in [0.2, 0.25) is 0 Å². The molecule has 1 aliphatic rings. The number of aliphatic hydroxyl groups is 1. The van der Waals surface area contributed by atoms with Crippen molar-refractivity contribution in [1.29, 1.82) is 0 Å². The molecule has 4 rings (SSSR count). The van der Waals surface area contributed by atoms with Crippen molar-refractivity contribution >= 4 is 27.5 Å². The number of carbonyl (C=O) groups excluding carboxylic acids is 2. The number of ether oxygens (including phenoxy) is 2. The number of methoxy groups -OCH3 is 1. The monoisotopic (exact) mass is 582 g/mol. The van der Waals surface area contributed by atoms with Crippen molar-refractivity contribution < 1.29 is 32.6 Å². The Hall–Kier alpha value is -4.00. The largest absolute Gasteiger partial charge is 0.497 e. The maximum Gasteiger partial charge on any atom is 0.258 e. The van der Waals surface area contributed by atoms with E-state index in [0.717, 1.165) is 0 Å². The number of benzene rings is 2. The van der Waals surface area contributed by atoms with Crippen molar-refractivity contribution in [2.24, 2.45) is 5.92 Å². The molecule has 0 spiro atoms. The van der Waals surface area contributed by atoms with Gasteiger partial charge in [0.1, 0.15) is 11.9 Å². The van der Waals surface area contributed by atoms with Gasteiger partial charge in [-0.05, 0) is 55.5 Å². The van der Waals surface area contributed by atoms with Crippen molar-refractivity contribution in [3.05, 3.63) is 78.1 Å². The normalized spacial score (nSPS) is 18.1. The van der Waals surface area contributed by atoms with Gasteiger partial charge in [0.25, 0.3) is 11.8 Å². The molecule has 0 radical (unpaired) electrons. The molecule has 2 amide bonds. The van der Waals surface area contributed by atoms with Gasteiger partial charge in [-0.2, -0.15) is 4.31 Å². The Balaban J connectivity index is 1.71. The first-order valence-corrected chi connectivity index (χ1v) is 14.5. The second kappa shape index (κ2) is 12.7. The van der Waals surface area contributed by atoms with Crippen LogP contribution < -0.4 is 14.8 Å². The van der Waals surface area contributed by atoms with Crippen molar-refractivity contribution in [1.82, 2.24) is 14.2 Å². The van der Waals surface area contributed by atoms with E-state index in [9.17, 15) is 23.1 Å². The van der Waals surface area contributed by atoms with E-state index in [1.165, 1.54) is 43.0 Å². The molecule has 0 unspecified atom stereocenters. The quantitative estimate of drug-likeness (QED) is 0.393. The third-order valence-corrected chi connectivity index (χ3v) is 8.92. The van der Waals surface area contributed by atoms with E-state index < -0.39 is 28.1 Å². The number of nitrogens with one attached hydrogen (secondary N) is 1. The number of sulfonamides is 1. The van der Waals surface area contributed by atoms with E-state index in [4.69, 9.17) is 9.47 Å². The van der Waals surface area contributed by atoms with E-state index >= 15 is 0 Å². The van der Waals surface area contributed by atoms with Crippen molar-refractivity contribution in [2.75, 3.05) is 39.2 Å². The van der Waals surface area contributed by atoms with Crippen molar-refractivity contribution in [3.63, 3.8) is 0 Å². The number of rotatable bonds is 9. The molecule has 0 saturated carbocycles. The Labute approximate surface area is 239 Å². The molecular formula is C29H34N4O7S. The fraction of sp³-hybridized carbons (Fsp3) is 0.345. The van der Waals surface area contributed by atoms with Crippen LogP contribution in [0.1, 0.15) is 34.6 Å². The summed E-state index contributed by atoms with van der Waals surface area (Å²) in [4.78, 5) is 32.2. The van der Waals surface area contributed by atoms with Crippen LogP contribution in [-0.4, -0.2) is 85.5 Å². The van der Waals surface area contributed by atoms with Gasteiger partial charge in [-0.1, -0.05) is 13.0 Å². The number of aliphatic hydroxyl groups excluding tert-OH is 1. The summed E-state index contributed by atoms with van der Waals surface area (Å²) in [5.74, 6) is -0.487. The number of likely N-dealkylation sites (N-methyl/N-ethyl adjacent to an activating group) is 1. The molecule has 12 heteroatoms. The number of anilines is 1. The van der Waals surface area contributed by atoms with Gasteiger partial charge >= 0.3 is 0 Å². The minimum atomic E-state index is -3.89. The van der Waals surface area contributed by atoms with Crippen LogP contribution >= 0.6 is 0 Å². The highest BCUT2D eigenvalue weighted by Crippen LogP contribution is 2.35. The number of amides is 2. The number of aromatic nitrogens is 1. The topological polar surface area (TPSA) is 138 Å². The van der Waals surface area contributed by atoms with Crippen molar-refractivity contribution in [2.45, 2.75) is 30.9 Å². The van der Waals surface area contributed by atoms with Gasteiger partial charge < -0.3 is 24.8 Å². The molecule has 1 aromatic heterocycles. The zero-order valence-corrected chi connectivity index (χ0v) is 24.2. The Kier molecular flexibility index (Phi) is 9.26. The molecule has 41 heavy (non-hydrogen) atoms. The Bertz CT molecular complexity index is 1480. The average Bonchev–Trinajstić information content (AvgIpc) is 2.99. The summed E-state index contributed by atoms with van der Waals surface area (Å²) in [6.07, 6.45) is 2.28. The summed E-state index contributed by atoms with van der Waals surface area (Å²) in [6.45, 7) is 3.50. The number of hydrogen-bond acceptors (Lipinski definition) is 8. The van der Waals surface area contributed by atoms with Crippen LogP contribution in [0.4, 0.5) is 5.69 Å². The molecule has 2 N–H and O–H groups in total. The number of carbonyl (C=O) groups is 2. The second-order valence-corrected chi connectivity index (χ2v) is 12.0. The van der Waals surface area contributed by atoms with Gasteiger partial charge in [-0.15, -0.1) is 0 Å². The first-order chi connectivity index (χ1) is 19.6. The summed E-state index contributed by atoms with van der Waals surface area (Å²) in [5.41, 5.74) is 0.810. The number of nitrogens with zero attached hydrogens (tertiary/aromatic N) is 3. The minimum Gasteiger partial charge on any atom is -0.497 e. The fourth-order valence-corrected chi connectivity index (χ4v) is 5.72. The first-order valence-electron chi connectivity index (χ1n) is 13.1.